The molecule has 0 saturated carbocycles. The minimum absolute atomic E-state index is 0.190. The number of hydrazine groups is 1. The molecule has 2 N–H and O–H groups in total. The topological polar surface area (TPSA) is 103 Å². The smallest absolute Gasteiger partial charge is 0.289 e. The zero-order valence-corrected chi connectivity index (χ0v) is 16.6. The summed E-state index contributed by atoms with van der Waals surface area (Å²) in [4.78, 5) is 28.8. The summed E-state index contributed by atoms with van der Waals surface area (Å²) >= 11 is 1.30. The Hall–Kier alpha value is -3.33. The fourth-order valence-electron chi connectivity index (χ4n) is 2.58. The quantitative estimate of drug-likeness (QED) is 0.637. The number of rotatable bonds is 5. The SMILES string of the molecule is COc1ccc(-c2nc(C(=O)NNC(=O)c3cc(C)oc3C)cs2)cc1OC. The van der Waals surface area contributed by atoms with Gasteiger partial charge in [0.2, 0.25) is 0 Å². The first-order valence-electron chi connectivity index (χ1n) is 8.28. The average molecular weight is 401 g/mol. The molecule has 0 aliphatic rings. The van der Waals surface area contributed by atoms with Gasteiger partial charge in [0.05, 0.1) is 19.8 Å². The molecule has 0 fully saturated rings. The first-order chi connectivity index (χ1) is 13.4. The number of nitrogens with one attached hydrogen (secondary N) is 2. The number of nitrogens with zero attached hydrogens (tertiary/aromatic N) is 1. The second-order valence-electron chi connectivity index (χ2n) is 5.84. The molecule has 3 aromatic rings. The van der Waals surface area contributed by atoms with E-state index in [1.54, 1.807) is 51.6 Å². The van der Waals surface area contributed by atoms with Crippen LogP contribution in [-0.2, 0) is 0 Å². The predicted molar refractivity (Wildman–Crippen MR) is 104 cm³/mol. The molecular weight excluding hydrogens is 382 g/mol. The number of aryl methyl sites for hydroxylation is 2. The molecule has 0 saturated heterocycles. The van der Waals surface area contributed by atoms with Gasteiger partial charge in [-0.2, -0.15) is 0 Å². The number of furan rings is 1. The van der Waals surface area contributed by atoms with Crippen molar-refractivity contribution in [2.24, 2.45) is 0 Å². The van der Waals surface area contributed by atoms with E-state index >= 15 is 0 Å². The third-order valence-electron chi connectivity index (χ3n) is 3.94. The second kappa shape index (κ2) is 8.13. The van der Waals surface area contributed by atoms with Gasteiger partial charge in [-0.25, -0.2) is 4.98 Å². The van der Waals surface area contributed by atoms with Gasteiger partial charge in [-0.05, 0) is 38.1 Å². The van der Waals surface area contributed by atoms with E-state index in [0.29, 0.717) is 33.6 Å². The van der Waals surface area contributed by atoms with Gasteiger partial charge >= 0.3 is 0 Å². The molecule has 0 unspecified atom stereocenters. The summed E-state index contributed by atoms with van der Waals surface area (Å²) in [7, 11) is 3.11. The van der Waals surface area contributed by atoms with E-state index in [1.807, 2.05) is 6.07 Å². The molecule has 0 spiro atoms. The van der Waals surface area contributed by atoms with Crippen LogP contribution in [0, 0.1) is 13.8 Å². The Bertz CT molecular complexity index is 1020. The van der Waals surface area contributed by atoms with Crippen LogP contribution in [0.5, 0.6) is 11.5 Å². The molecule has 2 heterocycles. The Balaban J connectivity index is 1.69. The highest BCUT2D eigenvalue weighted by Crippen LogP contribution is 2.33. The number of thiazole rings is 1. The normalized spacial score (nSPS) is 10.4. The predicted octanol–water partition coefficient (Wildman–Crippen LogP) is 3.11. The lowest BCUT2D eigenvalue weighted by Crippen LogP contribution is -2.41. The zero-order chi connectivity index (χ0) is 20.3. The van der Waals surface area contributed by atoms with Crippen molar-refractivity contribution in [3.63, 3.8) is 0 Å². The van der Waals surface area contributed by atoms with Crippen molar-refractivity contribution < 1.29 is 23.5 Å². The lowest BCUT2D eigenvalue weighted by molar-refractivity contribution is 0.0843. The molecule has 3 rings (SSSR count). The fourth-order valence-corrected chi connectivity index (χ4v) is 3.38. The van der Waals surface area contributed by atoms with Crippen LogP contribution in [-0.4, -0.2) is 31.0 Å². The first-order valence-corrected chi connectivity index (χ1v) is 9.16. The molecule has 0 atom stereocenters. The van der Waals surface area contributed by atoms with Crippen LogP contribution in [0.1, 0.15) is 32.4 Å². The molecule has 146 valence electrons. The van der Waals surface area contributed by atoms with Crippen molar-refractivity contribution >= 4 is 23.2 Å². The number of methoxy groups -OCH3 is 2. The number of hydrogen-bond acceptors (Lipinski definition) is 7. The summed E-state index contributed by atoms with van der Waals surface area (Å²) < 4.78 is 15.8. The van der Waals surface area contributed by atoms with E-state index in [9.17, 15) is 9.59 Å². The molecule has 0 bridgehead atoms. The van der Waals surface area contributed by atoms with Crippen LogP contribution in [0.4, 0.5) is 0 Å². The Labute approximate surface area is 165 Å². The molecule has 0 aliphatic carbocycles. The van der Waals surface area contributed by atoms with Crippen LogP contribution in [0.25, 0.3) is 10.6 Å². The maximum Gasteiger partial charge on any atom is 0.289 e. The molecule has 28 heavy (non-hydrogen) atoms. The minimum Gasteiger partial charge on any atom is -0.493 e. The summed E-state index contributed by atoms with van der Waals surface area (Å²) in [5.74, 6) is 1.29. The third kappa shape index (κ3) is 3.99. The van der Waals surface area contributed by atoms with E-state index in [-0.39, 0.29) is 5.69 Å². The van der Waals surface area contributed by atoms with Crippen molar-refractivity contribution in [1.82, 2.24) is 15.8 Å². The molecule has 2 aromatic heterocycles. The Kier molecular flexibility index (Phi) is 5.65. The van der Waals surface area contributed by atoms with Crippen LogP contribution in [0.2, 0.25) is 0 Å². The van der Waals surface area contributed by atoms with Gasteiger partial charge in [-0.3, -0.25) is 20.4 Å². The van der Waals surface area contributed by atoms with Crippen molar-refractivity contribution in [3.8, 4) is 22.1 Å². The summed E-state index contributed by atoms with van der Waals surface area (Å²) in [6, 6.07) is 6.98. The monoisotopic (exact) mass is 401 g/mol. The summed E-state index contributed by atoms with van der Waals surface area (Å²) in [6.07, 6.45) is 0. The molecule has 0 aliphatic heterocycles. The Morgan fingerprint density at radius 2 is 1.75 bits per heavy atom. The molecule has 9 heteroatoms. The van der Waals surface area contributed by atoms with Crippen molar-refractivity contribution in [2.45, 2.75) is 13.8 Å². The summed E-state index contributed by atoms with van der Waals surface area (Å²) in [6.45, 7) is 3.42. The zero-order valence-electron chi connectivity index (χ0n) is 15.8. The van der Waals surface area contributed by atoms with Gasteiger partial charge in [-0.1, -0.05) is 0 Å². The Morgan fingerprint density at radius 1 is 1.04 bits per heavy atom. The number of hydrogen-bond donors (Lipinski definition) is 2. The van der Waals surface area contributed by atoms with Gasteiger partial charge in [0.1, 0.15) is 22.2 Å². The van der Waals surface area contributed by atoms with Crippen LogP contribution in [0.15, 0.2) is 34.1 Å². The number of amides is 2. The van der Waals surface area contributed by atoms with Gasteiger partial charge in [-0.15, -0.1) is 11.3 Å². The number of aromatic nitrogens is 1. The maximum atomic E-state index is 12.3. The van der Waals surface area contributed by atoms with Crippen molar-refractivity contribution in [2.75, 3.05) is 14.2 Å². The van der Waals surface area contributed by atoms with E-state index < -0.39 is 11.8 Å². The minimum atomic E-state index is -0.519. The molecular formula is C19H19N3O5S. The van der Waals surface area contributed by atoms with E-state index in [0.717, 1.165) is 5.56 Å². The van der Waals surface area contributed by atoms with Crippen LogP contribution < -0.4 is 20.3 Å². The van der Waals surface area contributed by atoms with Gasteiger partial charge < -0.3 is 13.9 Å². The third-order valence-corrected chi connectivity index (χ3v) is 4.83. The number of benzene rings is 1. The van der Waals surface area contributed by atoms with E-state index in [4.69, 9.17) is 13.9 Å². The van der Waals surface area contributed by atoms with Crippen LogP contribution in [0.3, 0.4) is 0 Å². The lowest BCUT2D eigenvalue weighted by Gasteiger charge is -2.08. The maximum absolute atomic E-state index is 12.3. The fraction of sp³-hybridized carbons (Fsp3) is 0.211. The van der Waals surface area contributed by atoms with Gasteiger partial charge in [0.25, 0.3) is 11.8 Å². The van der Waals surface area contributed by atoms with E-state index in [2.05, 4.69) is 15.8 Å². The summed E-state index contributed by atoms with van der Waals surface area (Å²) in [5.41, 5.74) is 6.06. The molecule has 0 radical (unpaired) electrons. The van der Waals surface area contributed by atoms with Crippen LogP contribution >= 0.6 is 11.3 Å². The highest BCUT2D eigenvalue weighted by Gasteiger charge is 2.17. The molecule has 8 nitrogen and oxygen atoms in total. The Morgan fingerprint density at radius 3 is 2.39 bits per heavy atom. The highest BCUT2D eigenvalue weighted by atomic mass is 32.1. The first kappa shape index (κ1) is 19.4. The molecule has 1 aromatic carbocycles. The number of ether oxygens (including phenoxy) is 2. The van der Waals surface area contributed by atoms with Crippen molar-refractivity contribution in [3.05, 3.63) is 52.4 Å². The molecule has 2 amide bonds. The summed E-state index contributed by atoms with van der Waals surface area (Å²) in [5, 5.41) is 2.25. The standard InChI is InChI=1S/C19H19N3O5S/c1-10-7-13(11(2)27-10)17(23)21-22-18(24)14-9-28-19(20-14)12-5-6-15(25-3)16(8-12)26-4/h5-9H,1-4H3,(H,21,23)(H,22,24). The lowest BCUT2D eigenvalue weighted by atomic mass is 10.2. The van der Waals surface area contributed by atoms with Gasteiger partial charge in [0.15, 0.2) is 11.5 Å². The van der Waals surface area contributed by atoms with Crippen molar-refractivity contribution in [1.29, 1.82) is 0 Å². The van der Waals surface area contributed by atoms with Gasteiger partial charge in [0, 0.05) is 10.9 Å². The van der Waals surface area contributed by atoms with E-state index in [1.165, 1.54) is 11.3 Å². The average Bonchev–Trinajstić information content (AvgIpc) is 3.31. The second-order valence-corrected chi connectivity index (χ2v) is 6.70. The highest BCUT2D eigenvalue weighted by molar-refractivity contribution is 7.13. The largest absolute Gasteiger partial charge is 0.493 e. The number of carbonyl (C=O) groups is 2. The number of carbonyl (C=O) groups excluding carboxylic acids is 2.